The van der Waals surface area contributed by atoms with Gasteiger partial charge in [-0.05, 0) is 41.5 Å². The Morgan fingerprint density at radius 1 is 1.35 bits per heavy atom. The summed E-state index contributed by atoms with van der Waals surface area (Å²) in [4.78, 5) is 0.397. The van der Waals surface area contributed by atoms with Gasteiger partial charge in [0, 0.05) is 6.26 Å². The minimum Gasteiger partial charge on any atom is -0.330 e. The molecule has 2 N–H and O–H groups in total. The quantitative estimate of drug-likeness (QED) is 0.893. The monoisotopic (exact) mass is 253 g/mol. The van der Waals surface area contributed by atoms with E-state index in [9.17, 15) is 8.42 Å². The fourth-order valence-corrected chi connectivity index (χ4v) is 3.46. The third kappa shape index (κ3) is 2.11. The molecule has 1 aromatic rings. The lowest BCUT2D eigenvalue weighted by molar-refractivity contribution is 0.558. The van der Waals surface area contributed by atoms with Gasteiger partial charge in [0.15, 0.2) is 9.84 Å². The van der Waals surface area contributed by atoms with E-state index in [0.29, 0.717) is 23.3 Å². The third-order valence-electron chi connectivity index (χ3n) is 3.95. The summed E-state index contributed by atoms with van der Waals surface area (Å²) in [6.45, 7) is 5.02. The molecule has 0 aliphatic heterocycles. The van der Waals surface area contributed by atoms with E-state index < -0.39 is 9.84 Å². The van der Waals surface area contributed by atoms with Gasteiger partial charge in [-0.15, -0.1) is 0 Å². The standard InChI is InChI=1S/C13H19NO2S/c1-13(2)11(8-14)12(13)9-5-4-6-10(7-9)17(3,15)16/h4-7,11-12H,8,14H2,1-3H3. The largest absolute Gasteiger partial charge is 0.330 e. The smallest absolute Gasteiger partial charge is 0.175 e. The van der Waals surface area contributed by atoms with Crippen LogP contribution in [0, 0.1) is 11.3 Å². The molecule has 0 saturated heterocycles. The number of hydrogen-bond acceptors (Lipinski definition) is 3. The van der Waals surface area contributed by atoms with Crippen LogP contribution in [0.4, 0.5) is 0 Å². The van der Waals surface area contributed by atoms with Gasteiger partial charge >= 0.3 is 0 Å². The van der Waals surface area contributed by atoms with Crippen molar-refractivity contribution in [3.63, 3.8) is 0 Å². The lowest BCUT2D eigenvalue weighted by Gasteiger charge is -2.05. The molecule has 2 atom stereocenters. The zero-order chi connectivity index (χ0) is 12.8. The summed E-state index contributed by atoms with van der Waals surface area (Å²) in [5.41, 5.74) is 7.02. The van der Waals surface area contributed by atoms with E-state index in [0.717, 1.165) is 5.56 Å². The van der Waals surface area contributed by atoms with Crippen molar-refractivity contribution < 1.29 is 8.42 Å². The SMILES string of the molecule is CC1(C)C(CN)C1c1cccc(S(C)(=O)=O)c1. The van der Waals surface area contributed by atoms with Gasteiger partial charge in [0.2, 0.25) is 0 Å². The van der Waals surface area contributed by atoms with Crippen LogP contribution in [-0.4, -0.2) is 21.2 Å². The van der Waals surface area contributed by atoms with Crippen LogP contribution in [0.5, 0.6) is 0 Å². The fourth-order valence-electron chi connectivity index (χ4n) is 2.78. The third-order valence-corrected chi connectivity index (χ3v) is 5.06. The van der Waals surface area contributed by atoms with E-state index in [1.165, 1.54) is 6.26 Å². The first-order valence-corrected chi connectivity index (χ1v) is 7.67. The Kier molecular flexibility index (Phi) is 2.83. The van der Waals surface area contributed by atoms with Gasteiger partial charge in [0.1, 0.15) is 0 Å². The summed E-state index contributed by atoms with van der Waals surface area (Å²) in [6.07, 6.45) is 1.24. The van der Waals surface area contributed by atoms with Crippen molar-refractivity contribution in [2.45, 2.75) is 24.7 Å². The summed E-state index contributed by atoms with van der Waals surface area (Å²) in [5.74, 6) is 0.839. The first-order valence-electron chi connectivity index (χ1n) is 5.78. The molecular weight excluding hydrogens is 234 g/mol. The van der Waals surface area contributed by atoms with Gasteiger partial charge in [-0.3, -0.25) is 0 Å². The Balaban J connectivity index is 2.37. The number of hydrogen-bond donors (Lipinski definition) is 1. The number of rotatable bonds is 3. The lowest BCUT2D eigenvalue weighted by Crippen LogP contribution is -2.05. The molecule has 3 nitrogen and oxygen atoms in total. The molecule has 2 unspecified atom stereocenters. The average molecular weight is 253 g/mol. The van der Waals surface area contributed by atoms with Gasteiger partial charge in [0.05, 0.1) is 4.90 Å². The van der Waals surface area contributed by atoms with E-state index in [2.05, 4.69) is 13.8 Å². The van der Waals surface area contributed by atoms with E-state index in [1.54, 1.807) is 12.1 Å². The number of benzene rings is 1. The van der Waals surface area contributed by atoms with Gasteiger partial charge in [-0.2, -0.15) is 0 Å². The molecule has 4 heteroatoms. The zero-order valence-electron chi connectivity index (χ0n) is 10.5. The minimum atomic E-state index is -3.12. The maximum atomic E-state index is 11.5. The maximum absolute atomic E-state index is 11.5. The second-order valence-corrected chi connectivity index (χ2v) is 7.50. The molecule has 0 amide bonds. The van der Waals surface area contributed by atoms with Crippen molar-refractivity contribution in [2.75, 3.05) is 12.8 Å². The predicted octanol–water partition coefficient (Wildman–Crippen LogP) is 1.79. The molecule has 0 aromatic heterocycles. The molecule has 1 aliphatic carbocycles. The van der Waals surface area contributed by atoms with Crippen molar-refractivity contribution in [1.82, 2.24) is 0 Å². The van der Waals surface area contributed by atoms with Crippen molar-refractivity contribution in [3.8, 4) is 0 Å². The van der Waals surface area contributed by atoms with Gasteiger partial charge < -0.3 is 5.73 Å². The van der Waals surface area contributed by atoms with Crippen LogP contribution >= 0.6 is 0 Å². The van der Waals surface area contributed by atoms with E-state index >= 15 is 0 Å². The Bertz CT molecular complexity index is 534. The van der Waals surface area contributed by atoms with Crippen LogP contribution in [0.3, 0.4) is 0 Å². The highest BCUT2D eigenvalue weighted by molar-refractivity contribution is 7.90. The van der Waals surface area contributed by atoms with Crippen molar-refractivity contribution >= 4 is 9.84 Å². The van der Waals surface area contributed by atoms with Crippen LogP contribution in [-0.2, 0) is 9.84 Å². The van der Waals surface area contributed by atoms with E-state index in [4.69, 9.17) is 5.73 Å². The van der Waals surface area contributed by atoms with Gasteiger partial charge in [-0.1, -0.05) is 26.0 Å². The van der Waals surface area contributed by atoms with Crippen LogP contribution in [0.2, 0.25) is 0 Å². The molecule has 17 heavy (non-hydrogen) atoms. The normalized spacial score (nSPS) is 26.8. The predicted molar refractivity (Wildman–Crippen MR) is 68.6 cm³/mol. The Morgan fingerprint density at radius 3 is 2.47 bits per heavy atom. The summed E-state index contributed by atoms with van der Waals surface area (Å²) >= 11 is 0. The number of nitrogens with two attached hydrogens (primary N) is 1. The van der Waals surface area contributed by atoms with Crippen LogP contribution in [0.1, 0.15) is 25.3 Å². The summed E-state index contributed by atoms with van der Waals surface area (Å²) in [6, 6.07) is 7.24. The van der Waals surface area contributed by atoms with Crippen molar-refractivity contribution in [1.29, 1.82) is 0 Å². The van der Waals surface area contributed by atoms with Crippen LogP contribution in [0.25, 0.3) is 0 Å². The minimum absolute atomic E-state index is 0.185. The fraction of sp³-hybridized carbons (Fsp3) is 0.538. The highest BCUT2D eigenvalue weighted by Crippen LogP contribution is 2.63. The summed E-state index contributed by atoms with van der Waals surface area (Å²) in [7, 11) is -3.12. The van der Waals surface area contributed by atoms with Crippen LogP contribution < -0.4 is 5.73 Å². The molecule has 1 fully saturated rings. The molecule has 1 aromatic carbocycles. The molecule has 1 saturated carbocycles. The molecule has 1 aliphatic rings. The first kappa shape index (κ1) is 12.6. The van der Waals surface area contributed by atoms with E-state index in [1.807, 2.05) is 12.1 Å². The molecule has 0 radical (unpaired) electrons. The second kappa shape index (κ2) is 3.82. The Morgan fingerprint density at radius 2 is 2.00 bits per heavy atom. The zero-order valence-corrected chi connectivity index (χ0v) is 11.3. The second-order valence-electron chi connectivity index (χ2n) is 5.49. The Hall–Kier alpha value is -0.870. The van der Waals surface area contributed by atoms with E-state index in [-0.39, 0.29) is 5.41 Å². The summed E-state index contributed by atoms with van der Waals surface area (Å²) in [5, 5.41) is 0. The van der Waals surface area contributed by atoms with Gasteiger partial charge in [0.25, 0.3) is 0 Å². The number of sulfone groups is 1. The average Bonchev–Trinajstić information content (AvgIpc) is 2.79. The molecule has 2 rings (SSSR count). The molecule has 0 spiro atoms. The summed E-state index contributed by atoms with van der Waals surface area (Å²) < 4.78 is 23.0. The Labute approximate surface area is 103 Å². The van der Waals surface area contributed by atoms with Crippen molar-refractivity contribution in [2.24, 2.45) is 17.1 Å². The highest BCUT2D eigenvalue weighted by atomic mass is 32.2. The maximum Gasteiger partial charge on any atom is 0.175 e. The molecule has 94 valence electrons. The molecular formula is C13H19NO2S. The topological polar surface area (TPSA) is 60.2 Å². The van der Waals surface area contributed by atoms with Crippen LogP contribution in [0.15, 0.2) is 29.2 Å². The molecule has 0 heterocycles. The lowest BCUT2D eigenvalue weighted by atomic mass is 10.0. The van der Waals surface area contributed by atoms with Gasteiger partial charge in [-0.25, -0.2) is 8.42 Å². The first-order chi connectivity index (χ1) is 7.78. The highest BCUT2D eigenvalue weighted by Gasteiger charge is 2.57. The van der Waals surface area contributed by atoms with Crippen molar-refractivity contribution in [3.05, 3.63) is 29.8 Å². The molecule has 0 bridgehead atoms.